The van der Waals surface area contributed by atoms with Crippen molar-refractivity contribution in [2.24, 2.45) is 0 Å². The summed E-state index contributed by atoms with van der Waals surface area (Å²) in [7, 11) is 1.54. The highest BCUT2D eigenvalue weighted by Crippen LogP contribution is 2.15. The zero-order valence-electron chi connectivity index (χ0n) is 10.8. The fourth-order valence-corrected chi connectivity index (χ4v) is 1.70. The zero-order chi connectivity index (χ0) is 14.5. The molecule has 4 heteroatoms. The number of ketones is 1. The van der Waals surface area contributed by atoms with Crippen LogP contribution in [0.25, 0.3) is 6.08 Å². The third-order valence-electron chi connectivity index (χ3n) is 2.72. The molecule has 0 aromatic heterocycles. The Balaban J connectivity index is 2.20. The molecule has 102 valence electrons. The number of hydrogen-bond acceptors (Lipinski definition) is 2. The van der Waals surface area contributed by atoms with Gasteiger partial charge in [0.05, 0.1) is 12.7 Å². The lowest BCUT2D eigenvalue weighted by molar-refractivity contribution is 0.104. The summed E-state index contributed by atoms with van der Waals surface area (Å²) in [4.78, 5) is 11.8. The molecule has 0 heterocycles. The van der Waals surface area contributed by atoms with Crippen molar-refractivity contribution in [2.75, 3.05) is 7.11 Å². The Bertz CT molecular complexity index is 663. The summed E-state index contributed by atoms with van der Waals surface area (Å²) in [6.07, 6.45) is 2.79. The molecule has 2 aromatic rings. The molecule has 0 bridgehead atoms. The summed E-state index contributed by atoms with van der Waals surface area (Å²) in [5.41, 5.74) is 0.589. The van der Waals surface area contributed by atoms with Gasteiger partial charge in [-0.2, -0.15) is 0 Å². The van der Waals surface area contributed by atoms with E-state index in [9.17, 15) is 13.6 Å². The van der Waals surface area contributed by atoms with Crippen molar-refractivity contribution in [1.29, 1.82) is 0 Å². The molecule has 20 heavy (non-hydrogen) atoms. The van der Waals surface area contributed by atoms with Gasteiger partial charge in [-0.3, -0.25) is 4.79 Å². The van der Waals surface area contributed by atoms with E-state index >= 15 is 0 Å². The van der Waals surface area contributed by atoms with E-state index in [2.05, 4.69) is 0 Å². The number of allylic oxidation sites excluding steroid dienone is 1. The van der Waals surface area contributed by atoms with Gasteiger partial charge in [0.1, 0.15) is 17.4 Å². The Labute approximate surface area is 115 Å². The van der Waals surface area contributed by atoms with E-state index in [-0.39, 0.29) is 5.56 Å². The van der Waals surface area contributed by atoms with E-state index in [1.165, 1.54) is 6.08 Å². The number of benzene rings is 2. The third kappa shape index (κ3) is 3.29. The SMILES string of the molecule is COc1cccc(/C=C/C(=O)c2ccc(F)cc2F)c1. The van der Waals surface area contributed by atoms with Crippen molar-refractivity contribution in [1.82, 2.24) is 0 Å². The van der Waals surface area contributed by atoms with Gasteiger partial charge in [-0.05, 0) is 35.9 Å². The lowest BCUT2D eigenvalue weighted by Gasteiger charge is -2.01. The second-order valence-corrected chi connectivity index (χ2v) is 4.10. The number of carbonyl (C=O) groups is 1. The number of carbonyl (C=O) groups excluding carboxylic acids is 1. The second kappa shape index (κ2) is 6.10. The maximum atomic E-state index is 13.4. The molecule has 0 aliphatic carbocycles. The molecule has 0 fully saturated rings. The minimum absolute atomic E-state index is 0.162. The molecule has 0 spiro atoms. The largest absolute Gasteiger partial charge is 0.497 e. The second-order valence-electron chi connectivity index (χ2n) is 4.10. The van der Waals surface area contributed by atoms with Gasteiger partial charge < -0.3 is 4.74 Å². The molecular formula is C16H12F2O2. The van der Waals surface area contributed by atoms with Gasteiger partial charge in [0.2, 0.25) is 0 Å². The maximum Gasteiger partial charge on any atom is 0.188 e. The quantitative estimate of drug-likeness (QED) is 0.625. The molecule has 0 aliphatic rings. The van der Waals surface area contributed by atoms with E-state index in [0.717, 1.165) is 17.7 Å². The topological polar surface area (TPSA) is 26.3 Å². The number of rotatable bonds is 4. The molecule has 0 saturated heterocycles. The normalized spacial score (nSPS) is 10.8. The molecule has 2 aromatic carbocycles. The number of hydrogen-bond donors (Lipinski definition) is 0. The summed E-state index contributed by atoms with van der Waals surface area (Å²) < 4.78 is 31.3. The fraction of sp³-hybridized carbons (Fsp3) is 0.0625. The van der Waals surface area contributed by atoms with Crippen LogP contribution in [0.1, 0.15) is 15.9 Å². The Morgan fingerprint density at radius 2 is 1.95 bits per heavy atom. The molecule has 0 aliphatic heterocycles. The van der Waals surface area contributed by atoms with Gasteiger partial charge in [-0.1, -0.05) is 18.2 Å². The molecule has 0 N–H and O–H groups in total. The first-order valence-corrected chi connectivity index (χ1v) is 5.91. The summed E-state index contributed by atoms with van der Waals surface area (Å²) in [6, 6.07) is 9.95. The van der Waals surface area contributed by atoms with Crippen molar-refractivity contribution in [3.63, 3.8) is 0 Å². The minimum Gasteiger partial charge on any atom is -0.497 e. The highest BCUT2D eigenvalue weighted by molar-refractivity contribution is 6.07. The van der Waals surface area contributed by atoms with Crippen molar-refractivity contribution >= 4 is 11.9 Å². The smallest absolute Gasteiger partial charge is 0.188 e. The van der Waals surface area contributed by atoms with Crippen LogP contribution in [0, 0.1) is 11.6 Å². The molecule has 2 rings (SSSR count). The van der Waals surface area contributed by atoms with Crippen LogP contribution in [-0.4, -0.2) is 12.9 Å². The van der Waals surface area contributed by atoms with Crippen LogP contribution in [0.15, 0.2) is 48.5 Å². The van der Waals surface area contributed by atoms with Crippen LogP contribution < -0.4 is 4.74 Å². The van der Waals surface area contributed by atoms with E-state index in [1.807, 2.05) is 0 Å². The molecule has 0 atom stereocenters. The van der Waals surface area contributed by atoms with Crippen LogP contribution >= 0.6 is 0 Å². The molecular weight excluding hydrogens is 262 g/mol. The van der Waals surface area contributed by atoms with Crippen LogP contribution in [0.4, 0.5) is 8.78 Å². The summed E-state index contributed by atoms with van der Waals surface area (Å²) in [6.45, 7) is 0. The van der Waals surface area contributed by atoms with Crippen molar-refractivity contribution in [3.8, 4) is 5.75 Å². The number of methoxy groups -OCH3 is 1. The number of ether oxygens (including phenoxy) is 1. The average molecular weight is 274 g/mol. The Morgan fingerprint density at radius 1 is 1.15 bits per heavy atom. The minimum atomic E-state index is -0.870. The van der Waals surface area contributed by atoms with Crippen LogP contribution in [0.5, 0.6) is 5.75 Å². The van der Waals surface area contributed by atoms with Gasteiger partial charge in [0.15, 0.2) is 5.78 Å². The highest BCUT2D eigenvalue weighted by Gasteiger charge is 2.09. The first kappa shape index (κ1) is 13.9. The van der Waals surface area contributed by atoms with E-state index in [4.69, 9.17) is 4.74 Å². The highest BCUT2D eigenvalue weighted by atomic mass is 19.1. The fourth-order valence-electron chi connectivity index (χ4n) is 1.70. The van der Waals surface area contributed by atoms with Gasteiger partial charge in [-0.15, -0.1) is 0 Å². The van der Waals surface area contributed by atoms with Crippen molar-refractivity contribution < 1.29 is 18.3 Å². The number of halogens is 2. The van der Waals surface area contributed by atoms with Crippen LogP contribution in [-0.2, 0) is 0 Å². The Hall–Kier alpha value is -2.49. The van der Waals surface area contributed by atoms with Crippen LogP contribution in [0.3, 0.4) is 0 Å². The lowest BCUT2D eigenvalue weighted by Crippen LogP contribution is -1.99. The van der Waals surface area contributed by atoms with Gasteiger partial charge in [-0.25, -0.2) is 8.78 Å². The van der Waals surface area contributed by atoms with E-state index in [1.54, 1.807) is 37.5 Å². The average Bonchev–Trinajstić information content (AvgIpc) is 2.45. The Kier molecular flexibility index (Phi) is 4.25. The van der Waals surface area contributed by atoms with Crippen LogP contribution in [0.2, 0.25) is 0 Å². The van der Waals surface area contributed by atoms with Gasteiger partial charge in [0.25, 0.3) is 0 Å². The summed E-state index contributed by atoms with van der Waals surface area (Å²) in [5, 5.41) is 0. The monoisotopic (exact) mass is 274 g/mol. The van der Waals surface area contributed by atoms with Gasteiger partial charge in [0, 0.05) is 6.07 Å². The molecule has 2 nitrogen and oxygen atoms in total. The molecule has 0 saturated carbocycles. The molecule has 0 unspecified atom stereocenters. The Morgan fingerprint density at radius 3 is 2.65 bits per heavy atom. The summed E-state index contributed by atoms with van der Waals surface area (Å²) in [5.74, 6) is -1.45. The predicted octanol–water partition coefficient (Wildman–Crippen LogP) is 3.87. The van der Waals surface area contributed by atoms with Gasteiger partial charge >= 0.3 is 0 Å². The first-order valence-electron chi connectivity index (χ1n) is 5.91. The van der Waals surface area contributed by atoms with E-state index < -0.39 is 17.4 Å². The summed E-state index contributed by atoms with van der Waals surface area (Å²) >= 11 is 0. The predicted molar refractivity (Wildman–Crippen MR) is 72.7 cm³/mol. The first-order chi connectivity index (χ1) is 9.60. The zero-order valence-corrected chi connectivity index (χ0v) is 10.8. The lowest BCUT2D eigenvalue weighted by atomic mass is 10.1. The molecule has 0 amide bonds. The van der Waals surface area contributed by atoms with Crippen molar-refractivity contribution in [2.45, 2.75) is 0 Å². The molecule has 0 radical (unpaired) electrons. The third-order valence-corrected chi connectivity index (χ3v) is 2.72. The standard InChI is InChI=1S/C16H12F2O2/c1-20-13-4-2-3-11(9-13)5-8-16(19)14-7-6-12(17)10-15(14)18/h2-10H,1H3/b8-5+. The van der Waals surface area contributed by atoms with E-state index in [0.29, 0.717) is 11.8 Å². The maximum absolute atomic E-state index is 13.4. The van der Waals surface area contributed by atoms with Crippen molar-refractivity contribution in [3.05, 3.63) is 71.3 Å².